The molecule has 1 heterocycles. The molecule has 0 bridgehead atoms. The van der Waals surface area contributed by atoms with Crippen LogP contribution in [0.5, 0.6) is 11.9 Å². The number of hydrogen-bond donors (Lipinski definition) is 0. The summed E-state index contributed by atoms with van der Waals surface area (Å²) in [5.41, 5.74) is -1.70. The average Bonchev–Trinajstić information content (AvgIpc) is 2.51. The Morgan fingerprint density at radius 2 is 1.92 bits per heavy atom. The van der Waals surface area contributed by atoms with Gasteiger partial charge in [0.2, 0.25) is 11.6 Å². The second kappa shape index (κ2) is 11.3. The fourth-order valence-electron chi connectivity index (χ4n) is 1.64. The van der Waals surface area contributed by atoms with E-state index in [4.69, 9.17) is 30.3 Å². The Kier molecular flexibility index (Phi) is 10.2. The van der Waals surface area contributed by atoms with Gasteiger partial charge in [-0.3, -0.25) is 0 Å². The third kappa shape index (κ3) is 8.12. The summed E-state index contributed by atoms with van der Waals surface area (Å²) in [6.45, 7) is 11.0. The summed E-state index contributed by atoms with van der Waals surface area (Å²) in [5, 5.41) is 0. The zero-order valence-electron chi connectivity index (χ0n) is 15.0. The van der Waals surface area contributed by atoms with Gasteiger partial charge in [-0.25, -0.2) is 0 Å². The van der Waals surface area contributed by atoms with Crippen molar-refractivity contribution in [2.24, 2.45) is 0 Å². The first kappa shape index (κ1) is 21.6. The molecule has 0 aliphatic rings. The highest BCUT2D eigenvalue weighted by atomic mass is 32.9. The van der Waals surface area contributed by atoms with Crippen molar-refractivity contribution in [2.45, 2.75) is 53.8 Å². The third-order valence-corrected chi connectivity index (χ3v) is 8.11. The lowest BCUT2D eigenvalue weighted by molar-refractivity contribution is 0.220. The molecule has 24 heavy (non-hydrogen) atoms. The molecule has 0 amide bonds. The lowest BCUT2D eigenvalue weighted by Crippen LogP contribution is -2.10. The molecule has 1 aromatic heterocycles. The average molecular weight is 394 g/mol. The van der Waals surface area contributed by atoms with Crippen molar-refractivity contribution < 1.29 is 18.5 Å². The summed E-state index contributed by atoms with van der Waals surface area (Å²) in [7, 11) is 0. The van der Waals surface area contributed by atoms with E-state index in [0.29, 0.717) is 24.8 Å². The summed E-state index contributed by atoms with van der Waals surface area (Å²) in [5.74, 6) is 1.38. The van der Waals surface area contributed by atoms with Gasteiger partial charge in [0.1, 0.15) is 0 Å². The van der Waals surface area contributed by atoms with Crippen LogP contribution in [0.25, 0.3) is 0 Å². The zero-order valence-corrected chi connectivity index (χ0v) is 17.5. The van der Waals surface area contributed by atoms with E-state index in [1.54, 1.807) is 17.4 Å². The first-order chi connectivity index (χ1) is 11.4. The first-order valence-electron chi connectivity index (χ1n) is 8.13. The molecular formula is C15H27N2O4PS2. The van der Waals surface area contributed by atoms with Crippen molar-refractivity contribution in [2.75, 3.05) is 19.0 Å². The standard InChI is InChI=1S/C15H27N2O4PS2/c1-6-9-24-22(23,19-8-3)20-11-13-10-14(21-12(4)5)17-15(16-13)18-7-2/h10,12H,6-9,11H2,1-5H3/t22-/m0/s1. The Hall–Kier alpha value is -0.400. The van der Waals surface area contributed by atoms with Gasteiger partial charge in [0.05, 0.1) is 31.6 Å². The van der Waals surface area contributed by atoms with Crippen molar-refractivity contribution in [3.05, 3.63) is 11.8 Å². The second-order valence-electron chi connectivity index (χ2n) is 5.05. The van der Waals surface area contributed by atoms with Gasteiger partial charge in [-0.15, -0.1) is 0 Å². The normalized spacial score (nSPS) is 13.8. The molecule has 1 rings (SSSR count). The summed E-state index contributed by atoms with van der Waals surface area (Å²) in [6.07, 6.45) is 1.03. The Morgan fingerprint density at radius 1 is 1.17 bits per heavy atom. The Bertz CT molecular complexity index is 546. The maximum absolute atomic E-state index is 5.92. The van der Waals surface area contributed by atoms with Gasteiger partial charge in [0.15, 0.2) is 0 Å². The van der Waals surface area contributed by atoms with Crippen molar-refractivity contribution in [1.82, 2.24) is 9.97 Å². The molecule has 1 atom stereocenters. The minimum Gasteiger partial charge on any atom is -0.475 e. The van der Waals surface area contributed by atoms with Crippen LogP contribution in [0.15, 0.2) is 6.07 Å². The van der Waals surface area contributed by atoms with Crippen LogP contribution in [0.1, 0.15) is 46.7 Å². The predicted octanol–water partition coefficient (Wildman–Crippen LogP) is 4.58. The SMILES string of the molecule is CCCS[P@@](=S)(OCC)OCc1cc(OC(C)C)nc(OCC)n1. The molecule has 0 saturated heterocycles. The van der Waals surface area contributed by atoms with E-state index in [-0.39, 0.29) is 18.7 Å². The van der Waals surface area contributed by atoms with Gasteiger partial charge >= 0.3 is 6.01 Å². The van der Waals surface area contributed by atoms with Gasteiger partial charge in [0, 0.05) is 11.8 Å². The Morgan fingerprint density at radius 3 is 2.50 bits per heavy atom. The van der Waals surface area contributed by atoms with E-state index in [1.165, 1.54) is 0 Å². The van der Waals surface area contributed by atoms with Gasteiger partial charge in [-0.1, -0.05) is 18.3 Å². The molecule has 138 valence electrons. The second-order valence-corrected chi connectivity index (χ2v) is 11.5. The topological polar surface area (TPSA) is 62.7 Å². The minimum absolute atomic E-state index is 0.0113. The van der Waals surface area contributed by atoms with Gasteiger partial charge in [0.25, 0.3) is 0 Å². The van der Waals surface area contributed by atoms with Crippen LogP contribution < -0.4 is 9.47 Å². The molecule has 1 aromatic rings. The van der Waals surface area contributed by atoms with E-state index in [1.807, 2.05) is 27.7 Å². The summed E-state index contributed by atoms with van der Waals surface area (Å²) < 4.78 is 22.7. The van der Waals surface area contributed by atoms with Crippen molar-refractivity contribution in [3.8, 4) is 11.9 Å². The van der Waals surface area contributed by atoms with Crippen LogP contribution >= 0.6 is 17.1 Å². The summed E-state index contributed by atoms with van der Waals surface area (Å²) in [6, 6.07) is 2.03. The quantitative estimate of drug-likeness (QED) is 0.477. The minimum atomic E-state index is -2.37. The highest BCUT2D eigenvalue weighted by molar-refractivity contribution is 8.67. The fourth-order valence-corrected chi connectivity index (χ4v) is 6.16. The van der Waals surface area contributed by atoms with E-state index < -0.39 is 5.69 Å². The van der Waals surface area contributed by atoms with Gasteiger partial charge in [-0.2, -0.15) is 9.97 Å². The molecule has 0 aromatic carbocycles. The van der Waals surface area contributed by atoms with Crippen LogP contribution in [-0.2, 0) is 27.5 Å². The van der Waals surface area contributed by atoms with E-state index in [0.717, 1.165) is 12.2 Å². The van der Waals surface area contributed by atoms with Crippen LogP contribution in [0, 0.1) is 0 Å². The number of aromatic nitrogens is 2. The van der Waals surface area contributed by atoms with Crippen LogP contribution in [0.3, 0.4) is 0 Å². The first-order valence-corrected chi connectivity index (χ1v) is 12.4. The molecule has 0 spiro atoms. The lowest BCUT2D eigenvalue weighted by atomic mass is 10.4. The number of hydrogen-bond acceptors (Lipinski definition) is 8. The van der Waals surface area contributed by atoms with Crippen molar-refractivity contribution >= 4 is 28.9 Å². The van der Waals surface area contributed by atoms with Crippen molar-refractivity contribution in [1.29, 1.82) is 0 Å². The van der Waals surface area contributed by atoms with E-state index >= 15 is 0 Å². The largest absolute Gasteiger partial charge is 0.475 e. The van der Waals surface area contributed by atoms with Crippen LogP contribution in [0.4, 0.5) is 0 Å². The van der Waals surface area contributed by atoms with Gasteiger partial charge < -0.3 is 18.5 Å². The Labute approximate surface area is 154 Å². The molecule has 9 heteroatoms. The third-order valence-electron chi connectivity index (χ3n) is 2.48. The fraction of sp³-hybridized carbons (Fsp3) is 0.733. The predicted molar refractivity (Wildman–Crippen MR) is 102 cm³/mol. The number of nitrogens with zero attached hydrogens (tertiary/aromatic N) is 2. The molecule has 0 fully saturated rings. The van der Waals surface area contributed by atoms with Crippen molar-refractivity contribution in [3.63, 3.8) is 0 Å². The smallest absolute Gasteiger partial charge is 0.320 e. The number of rotatable bonds is 12. The van der Waals surface area contributed by atoms with E-state index in [2.05, 4.69) is 16.9 Å². The van der Waals surface area contributed by atoms with Gasteiger partial charge in [-0.05, 0) is 45.9 Å². The lowest BCUT2D eigenvalue weighted by Gasteiger charge is -2.20. The molecule has 6 nitrogen and oxygen atoms in total. The molecular weight excluding hydrogens is 367 g/mol. The Balaban J connectivity index is 2.86. The van der Waals surface area contributed by atoms with Crippen LogP contribution in [-0.4, -0.2) is 35.0 Å². The monoisotopic (exact) mass is 394 g/mol. The maximum atomic E-state index is 5.92. The summed E-state index contributed by atoms with van der Waals surface area (Å²) >= 11 is 7.15. The summed E-state index contributed by atoms with van der Waals surface area (Å²) in [4.78, 5) is 8.57. The molecule has 0 radical (unpaired) electrons. The molecule has 0 unspecified atom stereocenters. The maximum Gasteiger partial charge on any atom is 0.320 e. The zero-order chi connectivity index (χ0) is 18.0. The molecule has 0 aliphatic heterocycles. The van der Waals surface area contributed by atoms with E-state index in [9.17, 15) is 0 Å². The molecule has 0 aliphatic carbocycles. The van der Waals surface area contributed by atoms with Crippen LogP contribution in [0.2, 0.25) is 0 Å². The molecule has 0 N–H and O–H groups in total. The molecule has 0 saturated carbocycles. The highest BCUT2D eigenvalue weighted by Crippen LogP contribution is 2.61. The number of ether oxygens (including phenoxy) is 2. The highest BCUT2D eigenvalue weighted by Gasteiger charge is 2.20.